The Morgan fingerprint density at radius 1 is 1.50 bits per heavy atom. The van der Waals surface area contributed by atoms with Gasteiger partial charge >= 0.3 is 6.03 Å². The number of nitrogens with zero attached hydrogens (tertiary/aromatic N) is 2. The van der Waals surface area contributed by atoms with Crippen LogP contribution >= 0.6 is 11.3 Å². The molecule has 1 aliphatic carbocycles. The fourth-order valence-corrected chi connectivity index (χ4v) is 3.05. The van der Waals surface area contributed by atoms with E-state index in [9.17, 15) is 9.90 Å². The zero-order valence-corrected chi connectivity index (χ0v) is 13.3. The molecule has 2 amide bonds. The van der Waals surface area contributed by atoms with E-state index in [2.05, 4.69) is 10.3 Å². The standard InChI is InChI=1S/C16H19N3O2S/c1-11-10-22-15(18-11)8-17-16(21)19(13-5-6-13)9-12-3-2-4-14(20)7-12/h2-4,7,10,13,20H,5-6,8-9H2,1H3,(H,17,21). The molecule has 2 N–H and O–H groups in total. The number of aromatic hydroxyl groups is 1. The van der Waals surface area contributed by atoms with Gasteiger partial charge in [0.2, 0.25) is 0 Å². The molecule has 1 heterocycles. The van der Waals surface area contributed by atoms with E-state index in [1.165, 1.54) is 0 Å². The van der Waals surface area contributed by atoms with Crippen molar-refractivity contribution in [2.45, 2.75) is 38.9 Å². The number of amides is 2. The topological polar surface area (TPSA) is 65.5 Å². The zero-order valence-electron chi connectivity index (χ0n) is 12.5. The normalized spacial score (nSPS) is 13.9. The quantitative estimate of drug-likeness (QED) is 0.891. The number of phenols is 1. The molecule has 0 radical (unpaired) electrons. The molecule has 1 aliphatic rings. The number of urea groups is 1. The van der Waals surface area contributed by atoms with Gasteiger partial charge in [0.15, 0.2) is 0 Å². The van der Waals surface area contributed by atoms with Gasteiger partial charge in [0.1, 0.15) is 10.8 Å². The van der Waals surface area contributed by atoms with Crippen LogP contribution in [0, 0.1) is 6.92 Å². The van der Waals surface area contributed by atoms with Crippen LogP contribution < -0.4 is 5.32 Å². The molecule has 0 spiro atoms. The second kappa shape index (κ2) is 6.36. The first-order chi connectivity index (χ1) is 10.6. The third-order valence-corrected chi connectivity index (χ3v) is 4.54. The molecule has 116 valence electrons. The van der Waals surface area contributed by atoms with Crippen LogP contribution in [0.4, 0.5) is 4.79 Å². The molecule has 0 bridgehead atoms. The molecule has 1 fully saturated rings. The molecule has 0 aliphatic heterocycles. The lowest BCUT2D eigenvalue weighted by Crippen LogP contribution is -2.40. The second-order valence-corrected chi connectivity index (χ2v) is 6.51. The Kier molecular flexibility index (Phi) is 4.29. The van der Waals surface area contributed by atoms with Crippen molar-refractivity contribution >= 4 is 17.4 Å². The monoisotopic (exact) mass is 317 g/mol. The van der Waals surface area contributed by atoms with E-state index >= 15 is 0 Å². The summed E-state index contributed by atoms with van der Waals surface area (Å²) in [5, 5.41) is 15.4. The van der Waals surface area contributed by atoms with Gasteiger partial charge in [-0.2, -0.15) is 0 Å². The zero-order chi connectivity index (χ0) is 15.5. The van der Waals surface area contributed by atoms with Crippen molar-refractivity contribution in [1.82, 2.24) is 15.2 Å². The Labute approximate surface area is 133 Å². The summed E-state index contributed by atoms with van der Waals surface area (Å²) in [5.74, 6) is 0.229. The van der Waals surface area contributed by atoms with Crippen LogP contribution in [0.3, 0.4) is 0 Å². The highest BCUT2D eigenvalue weighted by molar-refractivity contribution is 7.09. The number of rotatable bonds is 5. The van der Waals surface area contributed by atoms with Gasteiger partial charge in [-0.05, 0) is 37.5 Å². The van der Waals surface area contributed by atoms with Crippen LogP contribution in [0.2, 0.25) is 0 Å². The van der Waals surface area contributed by atoms with Gasteiger partial charge in [-0.25, -0.2) is 9.78 Å². The minimum atomic E-state index is -0.0707. The summed E-state index contributed by atoms with van der Waals surface area (Å²) in [6, 6.07) is 7.29. The molecule has 22 heavy (non-hydrogen) atoms. The molecular formula is C16H19N3O2S. The van der Waals surface area contributed by atoms with Crippen molar-refractivity contribution in [1.29, 1.82) is 0 Å². The lowest BCUT2D eigenvalue weighted by molar-refractivity contribution is 0.191. The lowest BCUT2D eigenvalue weighted by atomic mass is 10.2. The number of phenolic OH excluding ortho intramolecular Hbond substituents is 1. The molecule has 1 aromatic heterocycles. The molecule has 5 nitrogen and oxygen atoms in total. The molecule has 0 unspecified atom stereocenters. The van der Waals surface area contributed by atoms with Crippen LogP contribution in [0.1, 0.15) is 29.1 Å². The third kappa shape index (κ3) is 3.76. The summed E-state index contributed by atoms with van der Waals surface area (Å²) in [7, 11) is 0. The average Bonchev–Trinajstić information content (AvgIpc) is 3.24. The number of nitrogens with one attached hydrogen (secondary N) is 1. The third-order valence-electron chi connectivity index (χ3n) is 3.57. The van der Waals surface area contributed by atoms with Crippen molar-refractivity contribution in [3.63, 3.8) is 0 Å². The summed E-state index contributed by atoms with van der Waals surface area (Å²) in [5.41, 5.74) is 1.92. The van der Waals surface area contributed by atoms with Gasteiger partial charge in [-0.3, -0.25) is 0 Å². The van der Waals surface area contributed by atoms with Crippen LogP contribution in [0.25, 0.3) is 0 Å². The molecule has 2 aromatic rings. The fraction of sp³-hybridized carbons (Fsp3) is 0.375. The van der Waals surface area contributed by atoms with Crippen LogP contribution in [-0.4, -0.2) is 27.1 Å². The van der Waals surface area contributed by atoms with E-state index in [-0.39, 0.29) is 11.8 Å². The number of carbonyl (C=O) groups excluding carboxylic acids is 1. The highest BCUT2D eigenvalue weighted by Gasteiger charge is 2.32. The van der Waals surface area contributed by atoms with Crippen LogP contribution in [0.15, 0.2) is 29.6 Å². The van der Waals surface area contributed by atoms with Gasteiger partial charge in [0.05, 0.1) is 6.54 Å². The Morgan fingerprint density at radius 2 is 2.32 bits per heavy atom. The molecule has 3 rings (SSSR count). The fourth-order valence-electron chi connectivity index (χ4n) is 2.34. The minimum absolute atomic E-state index is 0.0707. The molecule has 6 heteroatoms. The number of hydrogen-bond acceptors (Lipinski definition) is 4. The number of hydrogen-bond donors (Lipinski definition) is 2. The van der Waals surface area contributed by atoms with Crippen LogP contribution in [-0.2, 0) is 13.1 Å². The van der Waals surface area contributed by atoms with E-state index in [1.54, 1.807) is 29.5 Å². The van der Waals surface area contributed by atoms with Crippen molar-refractivity contribution in [2.24, 2.45) is 0 Å². The average molecular weight is 317 g/mol. The molecular weight excluding hydrogens is 298 g/mol. The van der Waals surface area contributed by atoms with E-state index in [1.807, 2.05) is 23.3 Å². The van der Waals surface area contributed by atoms with Gasteiger partial charge < -0.3 is 15.3 Å². The summed E-state index contributed by atoms with van der Waals surface area (Å²) in [6.07, 6.45) is 2.09. The first kappa shape index (κ1) is 14.8. The van der Waals surface area contributed by atoms with Crippen molar-refractivity contribution < 1.29 is 9.90 Å². The Balaban J connectivity index is 1.62. The minimum Gasteiger partial charge on any atom is -0.508 e. The maximum absolute atomic E-state index is 12.4. The summed E-state index contributed by atoms with van der Waals surface area (Å²) >= 11 is 1.56. The first-order valence-electron chi connectivity index (χ1n) is 7.35. The smallest absolute Gasteiger partial charge is 0.318 e. The largest absolute Gasteiger partial charge is 0.508 e. The summed E-state index contributed by atoms with van der Waals surface area (Å²) in [4.78, 5) is 18.6. The second-order valence-electron chi connectivity index (χ2n) is 5.57. The summed E-state index contributed by atoms with van der Waals surface area (Å²) < 4.78 is 0. The number of aryl methyl sites for hydroxylation is 1. The van der Waals surface area contributed by atoms with Gasteiger partial charge in [0.25, 0.3) is 0 Å². The highest BCUT2D eigenvalue weighted by atomic mass is 32.1. The van der Waals surface area contributed by atoms with Crippen molar-refractivity contribution in [3.05, 3.63) is 45.9 Å². The van der Waals surface area contributed by atoms with Gasteiger partial charge in [-0.15, -0.1) is 11.3 Å². The van der Waals surface area contributed by atoms with E-state index in [0.717, 1.165) is 29.1 Å². The number of carbonyl (C=O) groups is 1. The van der Waals surface area contributed by atoms with Crippen LogP contribution in [0.5, 0.6) is 5.75 Å². The first-order valence-corrected chi connectivity index (χ1v) is 8.23. The van der Waals surface area contributed by atoms with E-state index < -0.39 is 0 Å². The molecule has 0 saturated heterocycles. The number of benzene rings is 1. The Bertz CT molecular complexity index is 667. The predicted molar refractivity (Wildman–Crippen MR) is 85.8 cm³/mol. The number of thiazole rings is 1. The predicted octanol–water partition coefficient (Wildman–Crippen LogP) is 3.03. The van der Waals surface area contributed by atoms with Crippen molar-refractivity contribution in [3.8, 4) is 5.75 Å². The molecule has 1 aromatic carbocycles. The van der Waals surface area contributed by atoms with Gasteiger partial charge in [0, 0.05) is 23.7 Å². The maximum atomic E-state index is 12.4. The Morgan fingerprint density at radius 3 is 2.95 bits per heavy atom. The molecule has 1 saturated carbocycles. The molecule has 0 atom stereocenters. The van der Waals surface area contributed by atoms with E-state index in [4.69, 9.17) is 0 Å². The van der Waals surface area contributed by atoms with Crippen molar-refractivity contribution in [2.75, 3.05) is 0 Å². The highest BCUT2D eigenvalue weighted by Crippen LogP contribution is 2.29. The van der Waals surface area contributed by atoms with Gasteiger partial charge in [-0.1, -0.05) is 12.1 Å². The number of aromatic nitrogens is 1. The summed E-state index contributed by atoms with van der Waals surface area (Å²) in [6.45, 7) is 2.92. The van der Waals surface area contributed by atoms with E-state index in [0.29, 0.717) is 19.1 Å². The Hall–Kier alpha value is -2.08. The maximum Gasteiger partial charge on any atom is 0.318 e. The SMILES string of the molecule is Cc1csc(CNC(=O)N(Cc2cccc(O)c2)C2CC2)n1. The lowest BCUT2D eigenvalue weighted by Gasteiger charge is -2.22.